The molecule has 1 heterocycles. The van der Waals surface area contributed by atoms with E-state index in [2.05, 4.69) is 5.32 Å². The minimum absolute atomic E-state index is 0.351. The van der Waals surface area contributed by atoms with Crippen LogP contribution in [0.3, 0.4) is 0 Å². The van der Waals surface area contributed by atoms with Gasteiger partial charge in [-0.1, -0.05) is 0 Å². The fourth-order valence-electron chi connectivity index (χ4n) is 1.67. The van der Waals surface area contributed by atoms with Crippen LogP contribution in [0.4, 0.5) is 10.1 Å². The van der Waals surface area contributed by atoms with Crippen LogP contribution in [-0.4, -0.2) is 22.7 Å². The van der Waals surface area contributed by atoms with Gasteiger partial charge in [0.25, 0.3) is 5.56 Å². The Morgan fingerprint density at radius 2 is 1.95 bits per heavy atom. The summed E-state index contributed by atoms with van der Waals surface area (Å²) in [7, 11) is 1.61. The largest absolute Gasteiger partial charge is 0.477 e. The number of hydrogen-bond acceptors (Lipinski definition) is 3. The van der Waals surface area contributed by atoms with Gasteiger partial charge in [-0.2, -0.15) is 0 Å². The molecular formula is C13H11FN2O3. The van der Waals surface area contributed by atoms with E-state index in [9.17, 15) is 14.0 Å². The van der Waals surface area contributed by atoms with Crippen molar-refractivity contribution in [3.05, 3.63) is 58.3 Å². The Bertz CT molecular complexity index is 677. The van der Waals surface area contributed by atoms with Crippen LogP contribution in [0.5, 0.6) is 0 Å². The van der Waals surface area contributed by atoms with Crippen LogP contribution < -0.4 is 10.9 Å². The number of anilines is 1. The maximum atomic E-state index is 12.9. The van der Waals surface area contributed by atoms with E-state index in [1.165, 1.54) is 36.5 Å². The smallest absolute Gasteiger partial charge is 0.341 e. The Balaban J connectivity index is 2.68. The van der Waals surface area contributed by atoms with Crippen LogP contribution in [0.15, 0.2) is 41.3 Å². The van der Waals surface area contributed by atoms with E-state index in [4.69, 9.17) is 5.11 Å². The Kier molecular flexibility index (Phi) is 3.33. The van der Waals surface area contributed by atoms with Crippen LogP contribution in [0.25, 0.3) is 5.69 Å². The number of carbonyl (C=O) groups is 1. The Morgan fingerprint density at radius 1 is 1.32 bits per heavy atom. The molecule has 0 amide bonds. The molecule has 0 radical (unpaired) electrons. The van der Waals surface area contributed by atoms with E-state index in [0.717, 1.165) is 4.57 Å². The molecule has 19 heavy (non-hydrogen) atoms. The molecule has 2 aromatic rings. The normalized spacial score (nSPS) is 10.2. The summed E-state index contributed by atoms with van der Waals surface area (Å²) in [6, 6.07) is 6.47. The van der Waals surface area contributed by atoms with Crippen molar-refractivity contribution in [2.24, 2.45) is 0 Å². The first-order valence-electron chi connectivity index (χ1n) is 5.46. The van der Waals surface area contributed by atoms with Gasteiger partial charge in [-0.3, -0.25) is 9.36 Å². The third kappa shape index (κ3) is 2.47. The molecule has 0 aliphatic carbocycles. The molecule has 0 saturated heterocycles. The lowest BCUT2D eigenvalue weighted by Crippen LogP contribution is -2.25. The third-order valence-electron chi connectivity index (χ3n) is 2.64. The second-order valence-corrected chi connectivity index (χ2v) is 3.85. The maximum Gasteiger partial charge on any atom is 0.341 e. The van der Waals surface area contributed by atoms with Crippen molar-refractivity contribution in [3.8, 4) is 5.69 Å². The summed E-state index contributed by atoms with van der Waals surface area (Å²) >= 11 is 0. The molecule has 6 heteroatoms. The molecule has 0 spiro atoms. The summed E-state index contributed by atoms with van der Waals surface area (Å²) in [6.45, 7) is 0. The Morgan fingerprint density at radius 3 is 2.47 bits per heavy atom. The van der Waals surface area contributed by atoms with Gasteiger partial charge in [0, 0.05) is 18.9 Å². The number of nitrogens with one attached hydrogen (secondary N) is 1. The fraction of sp³-hybridized carbons (Fsp3) is 0.0769. The first-order valence-corrected chi connectivity index (χ1v) is 5.46. The number of nitrogens with zero attached hydrogens (tertiary/aromatic N) is 1. The number of aromatic carboxylic acids is 1. The van der Waals surface area contributed by atoms with E-state index < -0.39 is 17.3 Å². The van der Waals surface area contributed by atoms with Crippen molar-refractivity contribution in [2.75, 3.05) is 12.4 Å². The van der Waals surface area contributed by atoms with Gasteiger partial charge in [-0.05, 0) is 30.3 Å². The summed E-state index contributed by atoms with van der Waals surface area (Å²) in [5.41, 5.74) is -0.151. The number of carboxylic acids is 1. The van der Waals surface area contributed by atoms with Crippen LogP contribution in [0.2, 0.25) is 0 Å². The van der Waals surface area contributed by atoms with Gasteiger partial charge in [0.15, 0.2) is 0 Å². The first-order chi connectivity index (χ1) is 9.02. The van der Waals surface area contributed by atoms with Crippen LogP contribution in [0.1, 0.15) is 10.4 Å². The molecule has 0 unspecified atom stereocenters. The average Bonchev–Trinajstić information content (AvgIpc) is 2.40. The third-order valence-corrected chi connectivity index (χ3v) is 2.64. The van der Waals surface area contributed by atoms with Crippen molar-refractivity contribution in [2.45, 2.75) is 0 Å². The maximum absolute atomic E-state index is 12.9. The second kappa shape index (κ2) is 4.93. The standard InChI is InChI=1S/C13H11FN2O3/c1-15-9-6-11(13(18)19)12(17)16(7-9)10-4-2-8(14)3-5-10/h2-7,15H,1H3,(H,18,19). The van der Waals surface area contributed by atoms with Crippen LogP contribution in [0, 0.1) is 5.82 Å². The highest BCUT2D eigenvalue weighted by Gasteiger charge is 2.13. The van der Waals surface area contributed by atoms with Crippen molar-refractivity contribution in [1.82, 2.24) is 4.57 Å². The number of halogens is 1. The van der Waals surface area contributed by atoms with E-state index in [0.29, 0.717) is 11.4 Å². The van der Waals surface area contributed by atoms with Gasteiger partial charge in [0.2, 0.25) is 0 Å². The van der Waals surface area contributed by atoms with Gasteiger partial charge in [-0.25, -0.2) is 9.18 Å². The van der Waals surface area contributed by atoms with Gasteiger partial charge in [0.1, 0.15) is 11.4 Å². The lowest BCUT2D eigenvalue weighted by molar-refractivity contribution is 0.0694. The van der Waals surface area contributed by atoms with Crippen molar-refractivity contribution in [1.29, 1.82) is 0 Å². The number of benzene rings is 1. The molecule has 98 valence electrons. The number of hydrogen-bond donors (Lipinski definition) is 2. The fourth-order valence-corrected chi connectivity index (χ4v) is 1.67. The highest BCUT2D eigenvalue weighted by molar-refractivity contribution is 5.88. The monoisotopic (exact) mass is 262 g/mol. The average molecular weight is 262 g/mol. The predicted molar refractivity (Wildman–Crippen MR) is 68.5 cm³/mol. The van der Waals surface area contributed by atoms with Gasteiger partial charge >= 0.3 is 5.97 Å². The predicted octanol–water partition coefficient (Wildman–Crippen LogP) is 1.72. The van der Waals surface area contributed by atoms with Crippen LogP contribution >= 0.6 is 0 Å². The van der Waals surface area contributed by atoms with Crippen molar-refractivity contribution in [3.63, 3.8) is 0 Å². The molecule has 0 bridgehead atoms. The van der Waals surface area contributed by atoms with Gasteiger partial charge < -0.3 is 10.4 Å². The lowest BCUT2D eigenvalue weighted by Gasteiger charge is -2.10. The summed E-state index contributed by atoms with van der Waals surface area (Å²) in [6.07, 6.45) is 1.46. The highest BCUT2D eigenvalue weighted by atomic mass is 19.1. The molecule has 2 N–H and O–H groups in total. The summed E-state index contributed by atoms with van der Waals surface area (Å²) < 4.78 is 14.0. The van der Waals surface area contributed by atoms with E-state index >= 15 is 0 Å². The molecule has 1 aromatic heterocycles. The quantitative estimate of drug-likeness (QED) is 0.883. The van der Waals surface area contributed by atoms with E-state index in [-0.39, 0.29) is 5.56 Å². The van der Waals surface area contributed by atoms with Gasteiger partial charge in [0.05, 0.1) is 5.69 Å². The minimum Gasteiger partial charge on any atom is -0.477 e. The zero-order valence-corrected chi connectivity index (χ0v) is 10.1. The molecule has 0 aliphatic rings. The topological polar surface area (TPSA) is 71.3 Å². The number of aromatic nitrogens is 1. The number of pyridine rings is 1. The Labute approximate surface area is 107 Å². The molecule has 5 nitrogen and oxygen atoms in total. The summed E-state index contributed by atoms with van der Waals surface area (Å²) in [5.74, 6) is -1.74. The lowest BCUT2D eigenvalue weighted by atomic mass is 10.2. The van der Waals surface area contributed by atoms with E-state index in [1.807, 2.05) is 0 Å². The van der Waals surface area contributed by atoms with Gasteiger partial charge in [-0.15, -0.1) is 0 Å². The second-order valence-electron chi connectivity index (χ2n) is 3.85. The van der Waals surface area contributed by atoms with Crippen LogP contribution in [-0.2, 0) is 0 Å². The SMILES string of the molecule is CNc1cc(C(=O)O)c(=O)n(-c2ccc(F)cc2)c1. The molecular weight excluding hydrogens is 251 g/mol. The zero-order valence-electron chi connectivity index (χ0n) is 10.1. The highest BCUT2D eigenvalue weighted by Crippen LogP contribution is 2.12. The molecule has 0 fully saturated rings. The minimum atomic E-state index is -1.31. The molecule has 2 rings (SSSR count). The first kappa shape index (κ1) is 12.8. The zero-order chi connectivity index (χ0) is 14.0. The summed E-state index contributed by atoms with van der Waals surface area (Å²) in [4.78, 5) is 23.1. The Hall–Kier alpha value is -2.63. The number of carboxylic acid groups (broad SMARTS) is 1. The molecule has 0 aliphatic heterocycles. The molecule has 1 aromatic carbocycles. The molecule has 0 atom stereocenters. The molecule has 0 saturated carbocycles. The van der Waals surface area contributed by atoms with Crippen molar-refractivity contribution >= 4 is 11.7 Å². The van der Waals surface area contributed by atoms with E-state index in [1.54, 1.807) is 7.05 Å². The summed E-state index contributed by atoms with van der Waals surface area (Å²) in [5, 5.41) is 11.8. The van der Waals surface area contributed by atoms with Crippen molar-refractivity contribution < 1.29 is 14.3 Å². The number of rotatable bonds is 3.